The zero-order valence-electron chi connectivity index (χ0n) is 18.7. The Bertz CT molecular complexity index is 689. The minimum absolute atomic E-state index is 0.186. The van der Waals surface area contributed by atoms with Gasteiger partial charge in [0.05, 0.1) is 19.8 Å². The Balaban J connectivity index is 1.71. The summed E-state index contributed by atoms with van der Waals surface area (Å²) >= 11 is 0. The number of nitrogens with zero attached hydrogens (tertiary/aromatic N) is 2. The molecule has 1 saturated heterocycles. The molecule has 0 aromatic carbocycles. The summed E-state index contributed by atoms with van der Waals surface area (Å²) in [6.07, 6.45) is 5.53. The number of rotatable bonds is 5. The maximum atomic E-state index is 11.6. The lowest BCUT2D eigenvalue weighted by Crippen LogP contribution is -2.55. The van der Waals surface area contributed by atoms with Crippen LogP contribution in [0.2, 0.25) is 18.1 Å². The fraction of sp³-hybridized carbons (Fsp3) is 0.857. The second-order valence-corrected chi connectivity index (χ2v) is 15.4. The highest BCUT2D eigenvalue weighted by Gasteiger charge is 2.58. The molecule has 6 nitrogen and oxygen atoms in total. The predicted molar refractivity (Wildman–Crippen MR) is 112 cm³/mol. The molecular weight excluding hydrogens is 372 g/mol. The first-order valence-electron chi connectivity index (χ1n) is 10.5. The Hall–Kier alpha value is -0.733. The lowest BCUT2D eigenvalue weighted by molar-refractivity contribution is -0.273. The maximum absolute atomic E-state index is 11.6. The SMILES string of the molecule is CC1(C)CC(O)(c2nccn2CCO[Si](C)(C)C(C)(C)C)CCC12OCCO2. The van der Waals surface area contributed by atoms with Crippen molar-refractivity contribution < 1.29 is 19.0 Å². The van der Waals surface area contributed by atoms with Crippen LogP contribution in [0.1, 0.15) is 59.7 Å². The van der Waals surface area contributed by atoms with Gasteiger partial charge in [0.25, 0.3) is 0 Å². The smallest absolute Gasteiger partial charge is 0.192 e. The van der Waals surface area contributed by atoms with Crippen LogP contribution in [-0.2, 0) is 26.0 Å². The van der Waals surface area contributed by atoms with Crippen molar-refractivity contribution in [2.45, 2.75) is 89.9 Å². The molecule has 2 aliphatic rings. The number of aliphatic hydroxyl groups is 1. The molecular formula is C21H38N2O4Si. The lowest BCUT2D eigenvalue weighted by Gasteiger charge is -2.51. The van der Waals surface area contributed by atoms with Crippen molar-refractivity contribution in [3.05, 3.63) is 18.2 Å². The highest BCUT2D eigenvalue weighted by molar-refractivity contribution is 6.74. The first kappa shape index (κ1) is 22.0. The Labute approximate surface area is 170 Å². The van der Waals surface area contributed by atoms with Gasteiger partial charge in [-0.05, 0) is 31.0 Å². The summed E-state index contributed by atoms with van der Waals surface area (Å²) in [5.41, 5.74) is -1.28. The summed E-state index contributed by atoms with van der Waals surface area (Å²) in [6, 6.07) is 0. The van der Waals surface area contributed by atoms with Crippen LogP contribution in [-0.4, -0.2) is 48.6 Å². The highest BCUT2D eigenvalue weighted by atomic mass is 28.4. The molecule has 2 heterocycles. The third-order valence-electron chi connectivity index (χ3n) is 7.12. The van der Waals surface area contributed by atoms with Crippen LogP contribution in [0.4, 0.5) is 0 Å². The molecule has 1 saturated carbocycles. The van der Waals surface area contributed by atoms with E-state index in [1.807, 2.05) is 6.20 Å². The van der Waals surface area contributed by atoms with Crippen LogP contribution < -0.4 is 0 Å². The van der Waals surface area contributed by atoms with Gasteiger partial charge in [0.1, 0.15) is 11.4 Å². The summed E-state index contributed by atoms with van der Waals surface area (Å²) in [4.78, 5) is 4.54. The number of hydrogen-bond donors (Lipinski definition) is 1. The van der Waals surface area contributed by atoms with Gasteiger partial charge in [-0.25, -0.2) is 4.98 Å². The van der Waals surface area contributed by atoms with Crippen LogP contribution in [0.3, 0.4) is 0 Å². The molecule has 1 aliphatic carbocycles. The van der Waals surface area contributed by atoms with Gasteiger partial charge in [-0.2, -0.15) is 0 Å². The molecule has 1 spiro atoms. The number of ether oxygens (including phenoxy) is 2. The number of aromatic nitrogens is 2. The monoisotopic (exact) mass is 410 g/mol. The molecule has 1 atom stereocenters. The van der Waals surface area contributed by atoms with E-state index in [4.69, 9.17) is 13.9 Å². The van der Waals surface area contributed by atoms with Gasteiger partial charge < -0.3 is 23.6 Å². The number of hydrogen-bond acceptors (Lipinski definition) is 5. The van der Waals surface area contributed by atoms with E-state index in [2.05, 4.69) is 57.3 Å². The molecule has 1 N–H and O–H groups in total. The van der Waals surface area contributed by atoms with E-state index in [9.17, 15) is 5.11 Å². The number of imidazole rings is 1. The van der Waals surface area contributed by atoms with Crippen molar-refractivity contribution in [1.82, 2.24) is 9.55 Å². The molecule has 1 unspecified atom stereocenters. The zero-order chi connectivity index (χ0) is 20.8. The van der Waals surface area contributed by atoms with Gasteiger partial charge in [-0.15, -0.1) is 0 Å². The van der Waals surface area contributed by atoms with Gasteiger partial charge in [0, 0.05) is 30.8 Å². The first-order chi connectivity index (χ1) is 12.8. The third kappa shape index (κ3) is 3.84. The first-order valence-corrected chi connectivity index (χ1v) is 13.4. The summed E-state index contributed by atoms with van der Waals surface area (Å²) in [5, 5.41) is 11.7. The van der Waals surface area contributed by atoms with E-state index in [0.29, 0.717) is 45.6 Å². The second kappa shape index (κ2) is 7.20. The molecule has 0 amide bonds. The lowest BCUT2D eigenvalue weighted by atomic mass is 9.65. The summed E-state index contributed by atoms with van der Waals surface area (Å²) in [6.45, 7) is 18.1. The van der Waals surface area contributed by atoms with Crippen molar-refractivity contribution in [1.29, 1.82) is 0 Å². The molecule has 1 aliphatic heterocycles. The van der Waals surface area contributed by atoms with Gasteiger partial charge in [-0.1, -0.05) is 34.6 Å². The van der Waals surface area contributed by atoms with Gasteiger partial charge in [0.2, 0.25) is 0 Å². The highest BCUT2D eigenvalue weighted by Crippen LogP contribution is 2.54. The van der Waals surface area contributed by atoms with E-state index in [0.717, 1.165) is 5.82 Å². The molecule has 2 fully saturated rings. The van der Waals surface area contributed by atoms with Gasteiger partial charge in [-0.3, -0.25) is 0 Å². The molecule has 0 radical (unpaired) electrons. The third-order valence-corrected chi connectivity index (χ3v) is 11.7. The molecule has 160 valence electrons. The van der Waals surface area contributed by atoms with Crippen LogP contribution in [0, 0.1) is 5.41 Å². The quantitative estimate of drug-likeness (QED) is 0.742. The Morgan fingerprint density at radius 2 is 1.86 bits per heavy atom. The minimum Gasteiger partial charge on any atom is -0.415 e. The molecule has 7 heteroatoms. The average molecular weight is 411 g/mol. The maximum Gasteiger partial charge on any atom is 0.192 e. The fourth-order valence-corrected chi connectivity index (χ4v) is 5.39. The van der Waals surface area contributed by atoms with E-state index in [-0.39, 0.29) is 10.5 Å². The van der Waals surface area contributed by atoms with E-state index in [1.54, 1.807) is 6.20 Å². The van der Waals surface area contributed by atoms with Crippen LogP contribution in [0.5, 0.6) is 0 Å². The minimum atomic E-state index is -1.79. The van der Waals surface area contributed by atoms with Crippen molar-refractivity contribution in [2.24, 2.45) is 5.41 Å². The van der Waals surface area contributed by atoms with Crippen molar-refractivity contribution >= 4 is 8.32 Å². The van der Waals surface area contributed by atoms with Crippen LogP contribution in [0.25, 0.3) is 0 Å². The summed E-state index contributed by atoms with van der Waals surface area (Å²) in [7, 11) is -1.79. The van der Waals surface area contributed by atoms with Crippen molar-refractivity contribution in [2.75, 3.05) is 19.8 Å². The molecule has 1 aromatic heterocycles. The molecule has 28 heavy (non-hydrogen) atoms. The summed E-state index contributed by atoms with van der Waals surface area (Å²) in [5.74, 6) is 0.148. The molecule has 0 bridgehead atoms. The standard InChI is InChI=1S/C21H38N2O4Si/c1-18(2,3)28(6,7)27-13-12-23-11-10-22-17(23)20(24)8-9-21(19(4,5)16-20)25-14-15-26-21/h10-11,24H,8-9,12-16H2,1-7H3. The van der Waals surface area contributed by atoms with Gasteiger partial charge in [0.15, 0.2) is 14.1 Å². The fourth-order valence-electron chi connectivity index (χ4n) is 4.36. The predicted octanol–water partition coefficient (Wildman–Crippen LogP) is 4.05. The van der Waals surface area contributed by atoms with E-state index < -0.39 is 19.7 Å². The largest absolute Gasteiger partial charge is 0.415 e. The van der Waals surface area contributed by atoms with Crippen molar-refractivity contribution in [3.63, 3.8) is 0 Å². The van der Waals surface area contributed by atoms with E-state index in [1.165, 1.54) is 0 Å². The summed E-state index contributed by atoms with van der Waals surface area (Å²) < 4.78 is 20.4. The molecule has 1 aromatic rings. The Morgan fingerprint density at radius 1 is 1.21 bits per heavy atom. The van der Waals surface area contributed by atoms with Gasteiger partial charge >= 0.3 is 0 Å². The molecule has 3 rings (SSSR count). The average Bonchev–Trinajstić information content (AvgIpc) is 3.21. The normalized spacial score (nSPS) is 27.4. The Kier molecular flexibility index (Phi) is 5.65. The van der Waals surface area contributed by atoms with Crippen molar-refractivity contribution in [3.8, 4) is 0 Å². The topological polar surface area (TPSA) is 65.7 Å². The second-order valence-electron chi connectivity index (χ2n) is 10.6. The van der Waals surface area contributed by atoms with E-state index >= 15 is 0 Å². The van der Waals surface area contributed by atoms with Crippen LogP contribution >= 0.6 is 0 Å². The zero-order valence-corrected chi connectivity index (χ0v) is 19.7. The Morgan fingerprint density at radius 3 is 2.43 bits per heavy atom. The van der Waals surface area contributed by atoms with Crippen LogP contribution in [0.15, 0.2) is 12.4 Å².